The smallest absolute Gasteiger partial charge is 0.309 e. The number of rotatable bonds is 10. The average molecular weight is 439 g/mol. The maximum Gasteiger partial charge on any atom is 0.309 e. The molecule has 174 valence electrons. The number of hydrogen-bond acceptors (Lipinski definition) is 6. The first-order chi connectivity index (χ1) is 14.5. The zero-order valence-corrected chi connectivity index (χ0v) is 18.5. The summed E-state index contributed by atoms with van der Waals surface area (Å²) in [4.78, 5) is 61.6. The largest absolute Gasteiger partial charge is 0.389 e. The maximum atomic E-state index is 12.9. The van der Waals surface area contributed by atoms with Gasteiger partial charge in [0.15, 0.2) is 5.78 Å². The Morgan fingerprint density at radius 3 is 2.35 bits per heavy atom. The molecule has 1 aliphatic heterocycles. The van der Waals surface area contributed by atoms with Crippen LogP contribution in [0, 0.1) is 11.8 Å². The van der Waals surface area contributed by atoms with Crippen LogP contribution < -0.4 is 21.3 Å². The van der Waals surface area contributed by atoms with Crippen LogP contribution >= 0.6 is 0 Å². The van der Waals surface area contributed by atoms with Gasteiger partial charge in [-0.05, 0) is 51.4 Å². The van der Waals surface area contributed by atoms with Crippen molar-refractivity contribution in [3.8, 4) is 0 Å². The lowest BCUT2D eigenvalue weighted by Gasteiger charge is -2.27. The van der Waals surface area contributed by atoms with Crippen molar-refractivity contribution in [1.82, 2.24) is 21.3 Å². The molecule has 2 rings (SSSR count). The Labute approximate surface area is 182 Å². The first-order valence-corrected chi connectivity index (χ1v) is 10.9. The maximum absolute atomic E-state index is 12.9. The molecule has 10 heteroatoms. The predicted octanol–water partition coefficient (Wildman–Crippen LogP) is -0.851. The van der Waals surface area contributed by atoms with Crippen LogP contribution in [0.1, 0.15) is 59.3 Å². The van der Waals surface area contributed by atoms with Gasteiger partial charge in [-0.3, -0.25) is 24.0 Å². The molecule has 10 nitrogen and oxygen atoms in total. The molecule has 1 aliphatic carbocycles. The topological polar surface area (TPSA) is 154 Å². The molecule has 3 atom stereocenters. The summed E-state index contributed by atoms with van der Waals surface area (Å²) in [5.74, 6) is -3.56. The fourth-order valence-corrected chi connectivity index (χ4v) is 3.57. The standard InChI is InChI=1S/C21H34N4O6/c1-12(2)9-15(24-19(30)20(31)25-21(3)6-7-21)18(29)23-14(16(27)11-26)10-13-5-4-8-22-17(13)28/h12-15,26H,4-11H2,1-3H3,(H,22,28)(H,23,29)(H,24,30)(H,25,31)/t13-,14-,15-/m0/s1. The van der Waals surface area contributed by atoms with E-state index in [9.17, 15) is 29.1 Å². The summed E-state index contributed by atoms with van der Waals surface area (Å²) in [5, 5.41) is 19.7. The van der Waals surface area contributed by atoms with Crippen molar-refractivity contribution in [3.05, 3.63) is 0 Å². The summed E-state index contributed by atoms with van der Waals surface area (Å²) < 4.78 is 0. The van der Waals surface area contributed by atoms with Gasteiger partial charge < -0.3 is 26.4 Å². The molecule has 0 aromatic rings. The molecule has 2 aliphatic rings. The molecule has 5 N–H and O–H groups in total. The number of aliphatic hydroxyl groups is 1. The normalized spacial score (nSPS) is 21.5. The number of carbonyl (C=O) groups excluding carboxylic acids is 5. The molecular formula is C21H34N4O6. The highest BCUT2D eigenvalue weighted by atomic mass is 16.3. The number of aliphatic hydroxyl groups excluding tert-OH is 1. The molecule has 0 aromatic carbocycles. The first-order valence-electron chi connectivity index (χ1n) is 10.9. The Balaban J connectivity index is 2.04. The number of amides is 4. The van der Waals surface area contributed by atoms with Crippen LogP contribution in [-0.2, 0) is 24.0 Å². The Morgan fingerprint density at radius 2 is 1.81 bits per heavy atom. The van der Waals surface area contributed by atoms with Gasteiger partial charge in [0.2, 0.25) is 11.8 Å². The summed E-state index contributed by atoms with van der Waals surface area (Å²) in [6.07, 6.45) is 3.26. The fourth-order valence-electron chi connectivity index (χ4n) is 3.57. The number of piperidine rings is 1. The van der Waals surface area contributed by atoms with Crippen LogP contribution in [0.2, 0.25) is 0 Å². The van der Waals surface area contributed by atoms with Crippen LogP contribution in [0.25, 0.3) is 0 Å². The zero-order valence-electron chi connectivity index (χ0n) is 18.5. The van der Waals surface area contributed by atoms with Gasteiger partial charge in [-0.15, -0.1) is 0 Å². The molecular weight excluding hydrogens is 404 g/mol. The van der Waals surface area contributed by atoms with Gasteiger partial charge in [-0.2, -0.15) is 0 Å². The SMILES string of the molecule is CC(C)C[C@H](NC(=O)C(=O)NC1(C)CC1)C(=O)N[C@@H](C[C@@H]1CCCNC1=O)C(=O)CO. The van der Waals surface area contributed by atoms with Crippen molar-refractivity contribution in [1.29, 1.82) is 0 Å². The van der Waals surface area contributed by atoms with Crippen molar-refractivity contribution >= 4 is 29.4 Å². The van der Waals surface area contributed by atoms with Gasteiger partial charge in [0, 0.05) is 18.0 Å². The van der Waals surface area contributed by atoms with Crippen LogP contribution in [0.3, 0.4) is 0 Å². The van der Waals surface area contributed by atoms with E-state index in [0.717, 1.165) is 19.3 Å². The molecule has 0 spiro atoms. The van der Waals surface area contributed by atoms with Crippen LogP contribution in [-0.4, -0.2) is 65.3 Å². The van der Waals surface area contributed by atoms with Crippen molar-refractivity contribution in [2.45, 2.75) is 76.9 Å². The lowest BCUT2D eigenvalue weighted by Crippen LogP contribution is -2.56. The molecule has 31 heavy (non-hydrogen) atoms. The van der Waals surface area contributed by atoms with E-state index >= 15 is 0 Å². The first kappa shape index (κ1) is 24.8. The Morgan fingerprint density at radius 1 is 1.13 bits per heavy atom. The lowest BCUT2D eigenvalue weighted by atomic mass is 9.90. The molecule has 0 unspecified atom stereocenters. The van der Waals surface area contributed by atoms with Gasteiger partial charge >= 0.3 is 11.8 Å². The summed E-state index contributed by atoms with van der Waals surface area (Å²) in [5.41, 5.74) is -0.372. The fraction of sp³-hybridized carbons (Fsp3) is 0.762. The summed E-state index contributed by atoms with van der Waals surface area (Å²) in [7, 11) is 0. The van der Waals surface area contributed by atoms with E-state index in [1.54, 1.807) is 0 Å². The molecule has 0 bridgehead atoms. The summed E-state index contributed by atoms with van der Waals surface area (Å²) >= 11 is 0. The average Bonchev–Trinajstić information content (AvgIpc) is 3.43. The Kier molecular flexibility index (Phi) is 8.55. The quantitative estimate of drug-likeness (QED) is 0.280. The molecule has 2 fully saturated rings. The Hall–Kier alpha value is -2.49. The van der Waals surface area contributed by atoms with Gasteiger partial charge in [0.1, 0.15) is 12.6 Å². The second kappa shape index (κ2) is 10.7. The van der Waals surface area contributed by atoms with Gasteiger partial charge in [0.25, 0.3) is 0 Å². The monoisotopic (exact) mass is 438 g/mol. The second-order valence-electron chi connectivity index (χ2n) is 9.22. The van der Waals surface area contributed by atoms with E-state index in [0.29, 0.717) is 13.0 Å². The van der Waals surface area contributed by atoms with Gasteiger partial charge in [0.05, 0.1) is 6.04 Å². The number of ketones is 1. The van der Waals surface area contributed by atoms with Crippen LogP contribution in [0.4, 0.5) is 0 Å². The number of nitrogens with one attached hydrogen (secondary N) is 4. The minimum Gasteiger partial charge on any atom is -0.389 e. The van der Waals surface area contributed by atoms with Gasteiger partial charge in [-0.25, -0.2) is 0 Å². The van der Waals surface area contributed by atoms with Crippen molar-refractivity contribution in [2.24, 2.45) is 11.8 Å². The second-order valence-corrected chi connectivity index (χ2v) is 9.22. The summed E-state index contributed by atoms with van der Waals surface area (Å²) in [6.45, 7) is 5.36. The molecule has 1 heterocycles. The van der Waals surface area contributed by atoms with E-state index in [2.05, 4.69) is 21.3 Å². The molecule has 1 saturated heterocycles. The molecule has 0 radical (unpaired) electrons. The predicted molar refractivity (Wildman–Crippen MR) is 112 cm³/mol. The van der Waals surface area contributed by atoms with Gasteiger partial charge in [-0.1, -0.05) is 13.8 Å². The van der Waals surface area contributed by atoms with Crippen molar-refractivity contribution < 1.29 is 29.1 Å². The van der Waals surface area contributed by atoms with Crippen LogP contribution in [0.5, 0.6) is 0 Å². The van der Waals surface area contributed by atoms with E-state index in [1.807, 2.05) is 20.8 Å². The van der Waals surface area contributed by atoms with Crippen molar-refractivity contribution in [2.75, 3.05) is 13.2 Å². The third kappa shape index (κ3) is 7.61. The highest BCUT2D eigenvalue weighted by molar-refractivity contribution is 6.35. The minimum atomic E-state index is -1.06. The van der Waals surface area contributed by atoms with Crippen molar-refractivity contribution in [3.63, 3.8) is 0 Å². The molecule has 4 amide bonds. The van der Waals surface area contributed by atoms with E-state index in [4.69, 9.17) is 0 Å². The number of Topliss-reactive ketones (excluding diaryl/α,β-unsaturated/α-hetero) is 1. The highest BCUT2D eigenvalue weighted by Crippen LogP contribution is 2.34. The third-order valence-electron chi connectivity index (χ3n) is 5.73. The van der Waals surface area contributed by atoms with Crippen LogP contribution in [0.15, 0.2) is 0 Å². The number of hydrogen-bond donors (Lipinski definition) is 5. The zero-order chi connectivity index (χ0) is 23.2. The molecule has 1 saturated carbocycles. The lowest BCUT2D eigenvalue weighted by molar-refractivity contribution is -0.141. The Bertz CT molecular complexity index is 719. The van der Waals surface area contributed by atoms with E-state index < -0.39 is 48.1 Å². The highest BCUT2D eigenvalue weighted by Gasteiger charge is 2.40. The van der Waals surface area contributed by atoms with E-state index in [-0.39, 0.29) is 30.2 Å². The third-order valence-corrected chi connectivity index (χ3v) is 5.73. The minimum absolute atomic E-state index is 0.0242. The summed E-state index contributed by atoms with van der Waals surface area (Å²) in [6, 6.07) is -2.09. The molecule has 0 aromatic heterocycles. The number of carbonyl (C=O) groups is 5. The van der Waals surface area contributed by atoms with E-state index in [1.165, 1.54) is 0 Å².